The summed E-state index contributed by atoms with van der Waals surface area (Å²) in [5, 5.41) is 25.0. The smallest absolute Gasteiger partial charge is 0.156 e. The monoisotopic (exact) mass is 494 g/mol. The molecule has 2 aliphatic rings. The van der Waals surface area contributed by atoms with Gasteiger partial charge in [-0.25, -0.2) is 4.98 Å². The number of piperazine rings is 1. The number of nitriles is 1. The molecule has 2 aromatic heterocycles. The normalized spacial score (nSPS) is 17.4. The van der Waals surface area contributed by atoms with E-state index < -0.39 is 0 Å². The Kier molecular flexibility index (Phi) is 6.09. The molecule has 2 aromatic carbocycles. The maximum atomic E-state index is 10.5. The maximum Gasteiger partial charge on any atom is 0.156 e. The van der Waals surface area contributed by atoms with Crippen molar-refractivity contribution in [3.63, 3.8) is 0 Å². The molecule has 6 rings (SSSR count). The molecule has 1 saturated heterocycles. The quantitative estimate of drug-likeness (QED) is 0.390. The molecule has 8 heteroatoms. The van der Waals surface area contributed by atoms with E-state index in [4.69, 9.17) is 14.8 Å². The summed E-state index contributed by atoms with van der Waals surface area (Å²) in [4.78, 5) is 7.30. The van der Waals surface area contributed by atoms with Gasteiger partial charge < -0.3 is 15.0 Å². The van der Waals surface area contributed by atoms with E-state index in [9.17, 15) is 5.26 Å². The third-order valence-corrected chi connectivity index (χ3v) is 7.94. The number of fused-ring (bicyclic) bond motifs is 1. The predicted octanol–water partition coefficient (Wildman–Crippen LogP) is 5.27. The van der Waals surface area contributed by atoms with Crippen molar-refractivity contribution < 1.29 is 4.74 Å². The second-order valence-electron chi connectivity index (χ2n) is 8.90. The van der Waals surface area contributed by atoms with Crippen LogP contribution in [0.2, 0.25) is 0 Å². The van der Waals surface area contributed by atoms with Crippen LogP contribution in [0.15, 0.2) is 60.0 Å². The number of nitrogens with zero attached hydrogens (tertiary/aromatic N) is 4. The average Bonchev–Trinajstić information content (AvgIpc) is 3.63. The fourth-order valence-corrected chi connectivity index (χ4v) is 5.93. The van der Waals surface area contributed by atoms with E-state index in [1.54, 1.807) is 18.9 Å². The summed E-state index contributed by atoms with van der Waals surface area (Å²) < 4.78 is 5.33. The third-order valence-electron chi connectivity index (χ3n) is 6.84. The van der Waals surface area contributed by atoms with Gasteiger partial charge in [0.05, 0.1) is 34.7 Å². The van der Waals surface area contributed by atoms with Crippen LogP contribution < -0.4 is 15.0 Å². The van der Waals surface area contributed by atoms with Crippen LogP contribution in [0, 0.1) is 11.3 Å². The minimum absolute atomic E-state index is 0.206. The first-order chi connectivity index (χ1) is 17.8. The Morgan fingerprint density at radius 1 is 1.06 bits per heavy atom. The fourth-order valence-electron chi connectivity index (χ4n) is 5.00. The first-order valence-electron chi connectivity index (χ1n) is 12.1. The van der Waals surface area contributed by atoms with E-state index in [0.717, 1.165) is 66.1 Å². The number of anilines is 1. The highest BCUT2D eigenvalue weighted by atomic mass is 32.2. The summed E-state index contributed by atoms with van der Waals surface area (Å²) in [6.07, 6.45) is 3.08. The number of aromatic nitrogens is 3. The van der Waals surface area contributed by atoms with Crippen molar-refractivity contribution in [3.05, 3.63) is 71.3 Å². The van der Waals surface area contributed by atoms with E-state index in [2.05, 4.69) is 57.1 Å². The van der Waals surface area contributed by atoms with Gasteiger partial charge in [0.1, 0.15) is 11.8 Å². The molecular weight excluding hydrogens is 468 g/mol. The number of H-pyrrole nitrogens is 1. The summed E-state index contributed by atoms with van der Waals surface area (Å²) in [5.74, 6) is 0.761. The number of aromatic amines is 1. The SMILES string of the molecule is COc1ccc(-c2nc3[nH]nc(C4CC=CS4)c3c(-c3ccc(N4CCNCC4)cc3)c2C#N)cc1. The molecule has 1 fully saturated rings. The molecule has 1 unspecified atom stereocenters. The molecule has 0 aliphatic carbocycles. The molecule has 1 atom stereocenters. The molecule has 180 valence electrons. The van der Waals surface area contributed by atoms with Crippen molar-refractivity contribution in [1.82, 2.24) is 20.5 Å². The molecule has 0 spiro atoms. The number of nitrogens with one attached hydrogen (secondary N) is 2. The largest absolute Gasteiger partial charge is 0.497 e. The predicted molar refractivity (Wildman–Crippen MR) is 145 cm³/mol. The van der Waals surface area contributed by atoms with Crippen molar-refractivity contribution in [1.29, 1.82) is 5.26 Å². The minimum atomic E-state index is 0.206. The van der Waals surface area contributed by atoms with Gasteiger partial charge in [0.25, 0.3) is 0 Å². The van der Waals surface area contributed by atoms with Crippen molar-refractivity contribution in [2.45, 2.75) is 11.7 Å². The zero-order chi connectivity index (χ0) is 24.5. The van der Waals surface area contributed by atoms with Crippen LogP contribution in [0.3, 0.4) is 0 Å². The Balaban J connectivity index is 1.54. The molecule has 0 bridgehead atoms. The lowest BCUT2D eigenvalue weighted by Crippen LogP contribution is -2.43. The minimum Gasteiger partial charge on any atom is -0.497 e. The Morgan fingerprint density at radius 3 is 2.47 bits per heavy atom. The number of hydrogen-bond acceptors (Lipinski definition) is 7. The second kappa shape index (κ2) is 9.69. The van der Waals surface area contributed by atoms with Crippen molar-refractivity contribution in [2.24, 2.45) is 0 Å². The lowest BCUT2D eigenvalue weighted by molar-refractivity contribution is 0.415. The summed E-state index contributed by atoms with van der Waals surface area (Å²) in [7, 11) is 1.64. The number of methoxy groups -OCH3 is 1. The van der Waals surface area contributed by atoms with Crippen molar-refractivity contribution >= 4 is 28.5 Å². The molecule has 7 nitrogen and oxygen atoms in total. The van der Waals surface area contributed by atoms with Crippen LogP contribution in [-0.4, -0.2) is 48.5 Å². The van der Waals surface area contributed by atoms with E-state index in [-0.39, 0.29) is 5.25 Å². The van der Waals surface area contributed by atoms with E-state index >= 15 is 0 Å². The Labute approximate surface area is 214 Å². The van der Waals surface area contributed by atoms with Gasteiger partial charge in [-0.2, -0.15) is 10.4 Å². The Morgan fingerprint density at radius 2 is 1.81 bits per heavy atom. The zero-order valence-corrected chi connectivity index (χ0v) is 20.8. The zero-order valence-electron chi connectivity index (χ0n) is 20.0. The second-order valence-corrected chi connectivity index (χ2v) is 10.0. The number of hydrogen-bond donors (Lipinski definition) is 2. The lowest BCUT2D eigenvalue weighted by atomic mass is 9.92. The van der Waals surface area contributed by atoms with Gasteiger partial charge >= 0.3 is 0 Å². The van der Waals surface area contributed by atoms with E-state index in [1.807, 2.05) is 24.3 Å². The lowest BCUT2D eigenvalue weighted by Gasteiger charge is -2.29. The van der Waals surface area contributed by atoms with Crippen LogP contribution in [0.4, 0.5) is 5.69 Å². The highest BCUT2D eigenvalue weighted by Crippen LogP contribution is 2.45. The number of ether oxygens (including phenoxy) is 1. The fraction of sp³-hybridized carbons (Fsp3) is 0.250. The van der Waals surface area contributed by atoms with E-state index in [1.165, 1.54) is 5.69 Å². The molecular formula is C28H26N6OS. The standard InChI is InChI=1S/C28H26N6OS/c1-35-21-10-6-19(7-11-21)26-22(17-29)24(18-4-8-20(9-5-18)34-14-12-30-13-15-34)25-27(23-3-2-16-36-23)32-33-28(25)31-26/h2,4-11,16,23,30H,3,12-15H2,1H3,(H,31,32,33). The summed E-state index contributed by atoms with van der Waals surface area (Å²) in [6.45, 7) is 3.95. The van der Waals surface area contributed by atoms with Gasteiger partial charge in [-0.15, -0.1) is 11.8 Å². The first-order valence-corrected chi connectivity index (χ1v) is 13.0. The molecule has 4 heterocycles. The van der Waals surface area contributed by atoms with Crippen LogP contribution in [0.25, 0.3) is 33.4 Å². The number of rotatable bonds is 5. The molecule has 0 saturated carbocycles. The molecule has 4 aromatic rings. The van der Waals surface area contributed by atoms with Crippen LogP contribution in [-0.2, 0) is 0 Å². The molecule has 36 heavy (non-hydrogen) atoms. The molecule has 2 N–H and O–H groups in total. The van der Waals surface area contributed by atoms with Gasteiger partial charge in [0.15, 0.2) is 5.65 Å². The topological polar surface area (TPSA) is 89.9 Å². The van der Waals surface area contributed by atoms with Gasteiger partial charge in [-0.3, -0.25) is 5.10 Å². The van der Waals surface area contributed by atoms with Gasteiger partial charge in [-0.05, 0) is 53.8 Å². The van der Waals surface area contributed by atoms with Crippen LogP contribution in [0.5, 0.6) is 5.75 Å². The maximum absolute atomic E-state index is 10.5. The molecule has 0 amide bonds. The number of allylic oxidation sites excluding steroid dienone is 1. The highest BCUT2D eigenvalue weighted by Gasteiger charge is 2.27. The van der Waals surface area contributed by atoms with Crippen molar-refractivity contribution in [2.75, 3.05) is 38.2 Å². The number of pyridine rings is 1. The van der Waals surface area contributed by atoms with Gasteiger partial charge in [0, 0.05) is 43.0 Å². The van der Waals surface area contributed by atoms with Crippen LogP contribution in [0.1, 0.15) is 22.9 Å². The van der Waals surface area contributed by atoms with Crippen LogP contribution >= 0.6 is 11.8 Å². The number of thioether (sulfide) groups is 1. The Bertz CT molecular complexity index is 1460. The van der Waals surface area contributed by atoms with Crippen molar-refractivity contribution in [3.8, 4) is 34.2 Å². The van der Waals surface area contributed by atoms with Gasteiger partial charge in [0.2, 0.25) is 0 Å². The first kappa shape index (κ1) is 22.7. The van der Waals surface area contributed by atoms with Gasteiger partial charge in [-0.1, -0.05) is 18.2 Å². The Hall–Kier alpha value is -3.80. The van der Waals surface area contributed by atoms with E-state index in [0.29, 0.717) is 16.9 Å². The molecule has 2 aliphatic heterocycles. The average molecular weight is 495 g/mol. The number of benzene rings is 2. The molecule has 0 radical (unpaired) electrons. The summed E-state index contributed by atoms with van der Waals surface area (Å²) >= 11 is 1.76. The third kappa shape index (κ3) is 4.00. The summed E-state index contributed by atoms with van der Waals surface area (Å²) in [5.41, 5.74) is 6.78. The highest BCUT2D eigenvalue weighted by molar-refractivity contribution is 8.02. The summed E-state index contributed by atoms with van der Waals surface area (Å²) in [6, 6.07) is 18.7.